The maximum Gasteiger partial charge on any atom is 0.328 e. The van der Waals surface area contributed by atoms with Gasteiger partial charge >= 0.3 is 5.97 Å². The molecule has 0 amide bonds. The molecule has 1 heterocycles. The van der Waals surface area contributed by atoms with Crippen LogP contribution in [-0.2, 0) is 11.2 Å². The Morgan fingerprint density at radius 1 is 1.26 bits per heavy atom. The maximum absolute atomic E-state index is 10.5. The third-order valence-corrected chi connectivity index (χ3v) is 3.51. The topological polar surface area (TPSA) is 75.2 Å². The summed E-state index contributed by atoms with van der Waals surface area (Å²) in [6.07, 6.45) is 3.38. The van der Waals surface area contributed by atoms with E-state index in [1.165, 1.54) is 0 Å². The molecular formula is C18H16N2O3. The van der Waals surface area contributed by atoms with Gasteiger partial charge in [-0.1, -0.05) is 24.3 Å². The summed E-state index contributed by atoms with van der Waals surface area (Å²) in [6, 6.07) is 13.4. The molecule has 2 aromatic carbocycles. The number of methoxy groups -OCH3 is 1. The van der Waals surface area contributed by atoms with Gasteiger partial charge in [-0.05, 0) is 29.3 Å². The maximum atomic E-state index is 10.5. The Kier molecular flexibility index (Phi) is 4.10. The molecule has 0 unspecified atom stereocenters. The van der Waals surface area contributed by atoms with Crippen LogP contribution < -0.4 is 4.74 Å². The van der Waals surface area contributed by atoms with Crippen molar-refractivity contribution < 1.29 is 14.6 Å². The van der Waals surface area contributed by atoms with Gasteiger partial charge < -0.3 is 14.8 Å². The number of rotatable bonds is 5. The van der Waals surface area contributed by atoms with Crippen molar-refractivity contribution in [3.05, 3.63) is 65.5 Å². The van der Waals surface area contributed by atoms with Gasteiger partial charge in [0.15, 0.2) is 0 Å². The number of benzene rings is 2. The molecule has 5 heteroatoms. The van der Waals surface area contributed by atoms with Crippen LogP contribution in [0.15, 0.2) is 48.5 Å². The van der Waals surface area contributed by atoms with E-state index in [0.29, 0.717) is 6.42 Å². The first-order valence-electron chi connectivity index (χ1n) is 7.16. The number of carboxylic acid groups (broad SMARTS) is 1. The average Bonchev–Trinajstić information content (AvgIpc) is 2.95. The van der Waals surface area contributed by atoms with Gasteiger partial charge in [-0.3, -0.25) is 0 Å². The molecule has 3 aromatic rings. The van der Waals surface area contributed by atoms with Crippen LogP contribution in [-0.4, -0.2) is 28.2 Å². The standard InChI is InChI=1S/C18H16N2O3/c1-23-14-7-8-15-16(11-14)20-17(19-15)10-13-4-2-12(3-5-13)6-9-18(21)22/h2-9,11H,10H2,1H3,(H,19,20)(H,21,22). The predicted molar refractivity (Wildman–Crippen MR) is 88.6 cm³/mol. The van der Waals surface area contributed by atoms with Gasteiger partial charge in [-0.25, -0.2) is 9.78 Å². The molecule has 0 bridgehead atoms. The van der Waals surface area contributed by atoms with E-state index in [2.05, 4.69) is 9.97 Å². The lowest BCUT2D eigenvalue weighted by molar-refractivity contribution is -0.131. The van der Waals surface area contributed by atoms with Crippen molar-refractivity contribution in [2.45, 2.75) is 6.42 Å². The molecule has 5 nitrogen and oxygen atoms in total. The van der Waals surface area contributed by atoms with Crippen molar-refractivity contribution >= 4 is 23.1 Å². The molecule has 0 aliphatic heterocycles. The second kappa shape index (κ2) is 6.36. The van der Waals surface area contributed by atoms with E-state index in [1.54, 1.807) is 13.2 Å². The molecule has 0 saturated heterocycles. The average molecular weight is 308 g/mol. The van der Waals surface area contributed by atoms with E-state index in [9.17, 15) is 4.79 Å². The van der Waals surface area contributed by atoms with Crippen molar-refractivity contribution in [3.63, 3.8) is 0 Å². The van der Waals surface area contributed by atoms with Crippen LogP contribution >= 0.6 is 0 Å². The fourth-order valence-electron chi connectivity index (χ4n) is 2.36. The lowest BCUT2D eigenvalue weighted by Crippen LogP contribution is -1.91. The molecular weight excluding hydrogens is 292 g/mol. The molecule has 0 aliphatic carbocycles. The van der Waals surface area contributed by atoms with Gasteiger partial charge in [0, 0.05) is 18.6 Å². The summed E-state index contributed by atoms with van der Waals surface area (Å²) in [5.74, 6) is 0.719. The number of carboxylic acids is 1. The molecule has 0 atom stereocenters. The molecule has 0 fully saturated rings. The number of imidazole rings is 1. The van der Waals surface area contributed by atoms with Crippen LogP contribution in [0.4, 0.5) is 0 Å². The Balaban J connectivity index is 1.77. The quantitative estimate of drug-likeness (QED) is 0.709. The number of carbonyl (C=O) groups is 1. The minimum absolute atomic E-state index is 0.680. The van der Waals surface area contributed by atoms with Crippen LogP contribution in [0.5, 0.6) is 5.75 Å². The number of nitrogens with zero attached hydrogens (tertiary/aromatic N) is 1. The van der Waals surface area contributed by atoms with E-state index < -0.39 is 5.97 Å². The lowest BCUT2D eigenvalue weighted by Gasteiger charge is -1.99. The molecule has 0 aliphatic rings. The van der Waals surface area contributed by atoms with Crippen LogP contribution in [0.3, 0.4) is 0 Å². The SMILES string of the molecule is COc1ccc2nc(Cc3ccc(C=CC(=O)O)cc3)[nH]c2c1. The van der Waals surface area contributed by atoms with E-state index >= 15 is 0 Å². The highest BCUT2D eigenvalue weighted by molar-refractivity contribution is 5.85. The van der Waals surface area contributed by atoms with E-state index in [4.69, 9.17) is 9.84 Å². The number of hydrogen-bond donors (Lipinski definition) is 2. The number of ether oxygens (including phenoxy) is 1. The number of nitrogens with one attached hydrogen (secondary N) is 1. The van der Waals surface area contributed by atoms with Crippen molar-refractivity contribution in [1.82, 2.24) is 9.97 Å². The smallest absolute Gasteiger partial charge is 0.328 e. The molecule has 23 heavy (non-hydrogen) atoms. The van der Waals surface area contributed by atoms with Gasteiger partial charge in [0.2, 0.25) is 0 Å². The highest BCUT2D eigenvalue weighted by Crippen LogP contribution is 2.20. The zero-order chi connectivity index (χ0) is 16.2. The summed E-state index contributed by atoms with van der Waals surface area (Å²) >= 11 is 0. The van der Waals surface area contributed by atoms with Gasteiger partial charge in [-0.2, -0.15) is 0 Å². The highest BCUT2D eigenvalue weighted by atomic mass is 16.5. The van der Waals surface area contributed by atoms with E-state index in [-0.39, 0.29) is 0 Å². The second-order valence-corrected chi connectivity index (χ2v) is 5.16. The summed E-state index contributed by atoms with van der Waals surface area (Å²) in [7, 11) is 1.64. The molecule has 0 spiro atoms. The van der Waals surface area contributed by atoms with E-state index in [1.807, 2.05) is 42.5 Å². The van der Waals surface area contributed by atoms with Crippen LogP contribution in [0.2, 0.25) is 0 Å². The summed E-state index contributed by atoms with van der Waals surface area (Å²) in [5, 5.41) is 8.62. The Morgan fingerprint density at radius 2 is 2.04 bits per heavy atom. The zero-order valence-electron chi connectivity index (χ0n) is 12.6. The van der Waals surface area contributed by atoms with Crippen molar-refractivity contribution in [2.75, 3.05) is 7.11 Å². The first-order chi connectivity index (χ1) is 11.1. The van der Waals surface area contributed by atoms with Crippen LogP contribution in [0, 0.1) is 0 Å². The van der Waals surface area contributed by atoms with Gasteiger partial charge in [0.25, 0.3) is 0 Å². The number of aliphatic carboxylic acids is 1. The van der Waals surface area contributed by atoms with Crippen molar-refractivity contribution in [1.29, 1.82) is 0 Å². The van der Waals surface area contributed by atoms with Gasteiger partial charge in [0.1, 0.15) is 11.6 Å². The first kappa shape index (κ1) is 14.8. The molecule has 2 N–H and O–H groups in total. The van der Waals surface area contributed by atoms with Gasteiger partial charge in [-0.15, -0.1) is 0 Å². The minimum atomic E-state index is -0.952. The number of H-pyrrole nitrogens is 1. The number of aromatic amines is 1. The lowest BCUT2D eigenvalue weighted by atomic mass is 10.1. The normalized spacial score (nSPS) is 11.2. The Bertz CT molecular complexity index is 864. The fourth-order valence-corrected chi connectivity index (χ4v) is 2.36. The third kappa shape index (κ3) is 3.58. The Hall–Kier alpha value is -3.08. The summed E-state index contributed by atoms with van der Waals surface area (Å²) in [4.78, 5) is 18.4. The monoisotopic (exact) mass is 308 g/mol. The highest BCUT2D eigenvalue weighted by Gasteiger charge is 2.05. The summed E-state index contributed by atoms with van der Waals surface area (Å²) in [5.41, 5.74) is 3.80. The van der Waals surface area contributed by atoms with Crippen LogP contribution in [0.1, 0.15) is 17.0 Å². The summed E-state index contributed by atoms with van der Waals surface area (Å²) < 4.78 is 5.21. The zero-order valence-corrected chi connectivity index (χ0v) is 12.6. The fraction of sp³-hybridized carbons (Fsp3) is 0.111. The molecule has 0 radical (unpaired) electrons. The summed E-state index contributed by atoms with van der Waals surface area (Å²) in [6.45, 7) is 0. The molecule has 0 saturated carbocycles. The van der Waals surface area contributed by atoms with Crippen molar-refractivity contribution in [2.24, 2.45) is 0 Å². The van der Waals surface area contributed by atoms with Gasteiger partial charge in [0.05, 0.1) is 18.1 Å². The number of aromatic nitrogens is 2. The second-order valence-electron chi connectivity index (χ2n) is 5.16. The van der Waals surface area contributed by atoms with Crippen molar-refractivity contribution in [3.8, 4) is 5.75 Å². The number of fused-ring (bicyclic) bond motifs is 1. The molecule has 1 aromatic heterocycles. The Morgan fingerprint density at radius 3 is 2.74 bits per heavy atom. The number of hydrogen-bond acceptors (Lipinski definition) is 3. The predicted octanol–water partition coefficient (Wildman–Crippen LogP) is 3.26. The first-order valence-corrected chi connectivity index (χ1v) is 7.16. The molecule has 3 rings (SSSR count). The minimum Gasteiger partial charge on any atom is -0.497 e. The van der Waals surface area contributed by atoms with E-state index in [0.717, 1.165) is 39.8 Å². The largest absolute Gasteiger partial charge is 0.497 e. The molecule has 116 valence electrons. The Labute approximate surface area is 133 Å². The third-order valence-electron chi connectivity index (χ3n) is 3.51. The van der Waals surface area contributed by atoms with Crippen LogP contribution in [0.25, 0.3) is 17.1 Å².